The summed E-state index contributed by atoms with van der Waals surface area (Å²) >= 11 is 0. The third kappa shape index (κ3) is 4.04. The minimum Gasteiger partial charge on any atom is -0.494 e. The van der Waals surface area contributed by atoms with E-state index in [1.165, 1.54) is 5.56 Å². The number of hydrogen-bond acceptors (Lipinski definition) is 4. The standard InChI is InChI=1S/C23H29N3O2/c1-4-13-25-23(27)16-9-12-20-19(14-16)21(24)18(5-2)22(26-20)15-7-10-17(11-8-15)28-6-3/h4,7-12,14,18,21-22,26H,1,5-6,13,24H2,2-3H3,(H,25,27). The number of ether oxygens (including phenoxy) is 1. The fourth-order valence-electron chi connectivity index (χ4n) is 3.85. The molecule has 0 bridgehead atoms. The maximum atomic E-state index is 12.3. The summed E-state index contributed by atoms with van der Waals surface area (Å²) in [6.07, 6.45) is 2.59. The smallest absolute Gasteiger partial charge is 0.251 e. The number of amides is 1. The Labute approximate surface area is 167 Å². The van der Waals surface area contributed by atoms with E-state index in [0.717, 1.165) is 23.4 Å². The maximum absolute atomic E-state index is 12.3. The molecule has 0 saturated heterocycles. The molecule has 5 nitrogen and oxygen atoms in total. The second-order valence-electron chi connectivity index (χ2n) is 7.02. The molecule has 0 radical (unpaired) electrons. The number of anilines is 1. The fourth-order valence-corrected chi connectivity index (χ4v) is 3.85. The summed E-state index contributed by atoms with van der Waals surface area (Å²) in [6, 6.07) is 13.9. The first-order valence-corrected chi connectivity index (χ1v) is 9.86. The van der Waals surface area contributed by atoms with Crippen LogP contribution in [0.2, 0.25) is 0 Å². The monoisotopic (exact) mass is 379 g/mol. The predicted molar refractivity (Wildman–Crippen MR) is 114 cm³/mol. The molecule has 1 aliphatic heterocycles. The molecule has 2 aromatic carbocycles. The van der Waals surface area contributed by atoms with Crippen molar-refractivity contribution in [2.24, 2.45) is 11.7 Å². The number of rotatable bonds is 7. The molecule has 0 saturated carbocycles. The van der Waals surface area contributed by atoms with Crippen LogP contribution in [0.15, 0.2) is 55.1 Å². The first-order valence-electron chi connectivity index (χ1n) is 9.86. The van der Waals surface area contributed by atoms with E-state index in [4.69, 9.17) is 10.5 Å². The van der Waals surface area contributed by atoms with Crippen molar-refractivity contribution >= 4 is 11.6 Å². The second kappa shape index (κ2) is 8.93. The van der Waals surface area contributed by atoms with E-state index >= 15 is 0 Å². The van der Waals surface area contributed by atoms with Crippen molar-refractivity contribution in [3.63, 3.8) is 0 Å². The van der Waals surface area contributed by atoms with Crippen LogP contribution in [0.25, 0.3) is 0 Å². The van der Waals surface area contributed by atoms with Gasteiger partial charge in [0.1, 0.15) is 5.75 Å². The third-order valence-electron chi connectivity index (χ3n) is 5.30. The molecule has 0 fully saturated rings. The minimum absolute atomic E-state index is 0.114. The molecular formula is C23H29N3O2. The van der Waals surface area contributed by atoms with Crippen molar-refractivity contribution in [3.8, 4) is 5.75 Å². The largest absolute Gasteiger partial charge is 0.494 e. The zero-order valence-electron chi connectivity index (χ0n) is 16.6. The van der Waals surface area contributed by atoms with E-state index in [1.807, 2.05) is 37.3 Å². The summed E-state index contributed by atoms with van der Waals surface area (Å²) in [5.41, 5.74) is 10.4. The molecule has 3 atom stereocenters. The average Bonchev–Trinajstić information content (AvgIpc) is 2.72. The van der Waals surface area contributed by atoms with Crippen LogP contribution in [-0.4, -0.2) is 19.1 Å². The van der Waals surface area contributed by atoms with Gasteiger partial charge in [-0.2, -0.15) is 0 Å². The lowest BCUT2D eigenvalue weighted by Gasteiger charge is -2.39. The average molecular weight is 380 g/mol. The van der Waals surface area contributed by atoms with Crippen LogP contribution in [0.5, 0.6) is 5.75 Å². The number of hydrogen-bond donors (Lipinski definition) is 3. The van der Waals surface area contributed by atoms with E-state index in [1.54, 1.807) is 6.08 Å². The molecule has 4 N–H and O–H groups in total. The van der Waals surface area contributed by atoms with Crippen LogP contribution in [-0.2, 0) is 0 Å². The SMILES string of the molecule is C=CCNC(=O)c1ccc2c(c1)C(N)C(CC)C(c1ccc(OCC)cc1)N2. The van der Waals surface area contributed by atoms with E-state index in [2.05, 4.69) is 36.3 Å². The summed E-state index contributed by atoms with van der Waals surface area (Å²) in [5.74, 6) is 0.975. The molecule has 0 aromatic heterocycles. The number of carbonyl (C=O) groups is 1. The van der Waals surface area contributed by atoms with Crippen LogP contribution >= 0.6 is 0 Å². The summed E-state index contributed by atoms with van der Waals surface area (Å²) in [6.45, 7) is 8.85. The van der Waals surface area contributed by atoms with Gasteiger partial charge in [0.05, 0.1) is 12.6 Å². The van der Waals surface area contributed by atoms with Gasteiger partial charge < -0.3 is 21.1 Å². The molecule has 3 rings (SSSR count). The van der Waals surface area contributed by atoms with Crippen LogP contribution < -0.4 is 21.1 Å². The number of nitrogens with two attached hydrogens (primary N) is 1. The maximum Gasteiger partial charge on any atom is 0.251 e. The molecule has 28 heavy (non-hydrogen) atoms. The second-order valence-corrected chi connectivity index (χ2v) is 7.02. The van der Waals surface area contributed by atoms with Crippen molar-refractivity contribution < 1.29 is 9.53 Å². The molecule has 2 aromatic rings. The Morgan fingerprint density at radius 1 is 1.25 bits per heavy atom. The number of fused-ring (bicyclic) bond motifs is 1. The lowest BCUT2D eigenvalue weighted by molar-refractivity contribution is 0.0958. The predicted octanol–water partition coefficient (Wildman–Crippen LogP) is 4.19. The quantitative estimate of drug-likeness (QED) is 0.631. The van der Waals surface area contributed by atoms with E-state index in [9.17, 15) is 4.79 Å². The normalized spacial score (nSPS) is 20.6. The van der Waals surface area contributed by atoms with E-state index in [0.29, 0.717) is 18.7 Å². The summed E-state index contributed by atoms with van der Waals surface area (Å²) in [4.78, 5) is 12.3. The van der Waals surface area contributed by atoms with Gasteiger partial charge >= 0.3 is 0 Å². The molecule has 148 valence electrons. The molecule has 0 spiro atoms. The van der Waals surface area contributed by atoms with Gasteiger partial charge in [-0.25, -0.2) is 0 Å². The Kier molecular flexibility index (Phi) is 6.37. The van der Waals surface area contributed by atoms with Crippen molar-refractivity contribution in [2.75, 3.05) is 18.5 Å². The van der Waals surface area contributed by atoms with Crippen molar-refractivity contribution in [1.29, 1.82) is 0 Å². The summed E-state index contributed by atoms with van der Waals surface area (Å²) in [7, 11) is 0. The van der Waals surface area contributed by atoms with Gasteiger partial charge in [-0.15, -0.1) is 6.58 Å². The Morgan fingerprint density at radius 2 is 2.00 bits per heavy atom. The highest BCUT2D eigenvalue weighted by Crippen LogP contribution is 2.44. The highest BCUT2D eigenvalue weighted by molar-refractivity contribution is 5.95. The first kappa shape index (κ1) is 20.0. The Morgan fingerprint density at radius 3 is 2.64 bits per heavy atom. The lowest BCUT2D eigenvalue weighted by Crippen LogP contribution is -2.36. The Bertz CT molecular complexity index is 832. The van der Waals surface area contributed by atoms with Gasteiger partial charge in [-0.1, -0.05) is 25.1 Å². The summed E-state index contributed by atoms with van der Waals surface area (Å²) < 4.78 is 5.55. The van der Waals surface area contributed by atoms with Crippen LogP contribution in [0.1, 0.15) is 53.8 Å². The van der Waals surface area contributed by atoms with Crippen LogP contribution in [0.4, 0.5) is 5.69 Å². The first-order chi connectivity index (χ1) is 13.6. The lowest BCUT2D eigenvalue weighted by atomic mass is 9.78. The Hall–Kier alpha value is -2.79. The number of nitrogens with one attached hydrogen (secondary N) is 2. The van der Waals surface area contributed by atoms with Crippen LogP contribution in [0, 0.1) is 5.92 Å². The number of benzene rings is 2. The van der Waals surface area contributed by atoms with Gasteiger partial charge in [0, 0.05) is 29.8 Å². The zero-order chi connectivity index (χ0) is 20.1. The van der Waals surface area contributed by atoms with Crippen molar-refractivity contribution in [2.45, 2.75) is 32.4 Å². The Balaban J connectivity index is 1.88. The van der Waals surface area contributed by atoms with Gasteiger partial charge in [-0.05, 0) is 54.8 Å². The van der Waals surface area contributed by atoms with Gasteiger partial charge in [0.2, 0.25) is 0 Å². The minimum atomic E-state index is -0.148. The van der Waals surface area contributed by atoms with Crippen LogP contribution in [0.3, 0.4) is 0 Å². The van der Waals surface area contributed by atoms with E-state index in [-0.39, 0.29) is 23.9 Å². The van der Waals surface area contributed by atoms with Gasteiger partial charge in [-0.3, -0.25) is 4.79 Å². The zero-order valence-corrected chi connectivity index (χ0v) is 16.6. The highest BCUT2D eigenvalue weighted by Gasteiger charge is 2.34. The molecule has 1 aliphatic rings. The molecule has 3 unspecified atom stereocenters. The van der Waals surface area contributed by atoms with Gasteiger partial charge in [0.15, 0.2) is 0 Å². The molecule has 1 heterocycles. The molecule has 1 amide bonds. The third-order valence-corrected chi connectivity index (χ3v) is 5.30. The molecular weight excluding hydrogens is 350 g/mol. The highest BCUT2D eigenvalue weighted by atomic mass is 16.5. The number of carbonyl (C=O) groups excluding carboxylic acids is 1. The van der Waals surface area contributed by atoms with E-state index < -0.39 is 0 Å². The molecule has 0 aliphatic carbocycles. The summed E-state index contributed by atoms with van der Waals surface area (Å²) in [5, 5.41) is 6.45. The fraction of sp³-hybridized carbons (Fsp3) is 0.348. The van der Waals surface area contributed by atoms with Crippen molar-refractivity contribution in [1.82, 2.24) is 5.32 Å². The van der Waals surface area contributed by atoms with Crippen molar-refractivity contribution in [3.05, 3.63) is 71.8 Å². The topological polar surface area (TPSA) is 76.4 Å². The molecule has 5 heteroatoms. The van der Waals surface area contributed by atoms with Gasteiger partial charge in [0.25, 0.3) is 5.91 Å².